The normalized spacial score (nSPS) is 16.9. The Balaban J connectivity index is 1.77. The van der Waals surface area contributed by atoms with Gasteiger partial charge in [-0.1, -0.05) is 42.5 Å². The van der Waals surface area contributed by atoms with Crippen LogP contribution in [0, 0.1) is 0 Å². The van der Waals surface area contributed by atoms with Crippen molar-refractivity contribution >= 4 is 11.7 Å². The first-order chi connectivity index (χ1) is 14.5. The second kappa shape index (κ2) is 8.10. The van der Waals surface area contributed by atoms with E-state index in [2.05, 4.69) is 10.3 Å². The summed E-state index contributed by atoms with van der Waals surface area (Å²) in [6.45, 7) is 4.18. The number of para-hydroxylation sites is 1. The molecule has 0 fully saturated rings. The van der Waals surface area contributed by atoms with Crippen LogP contribution >= 0.6 is 0 Å². The highest BCUT2D eigenvalue weighted by atomic mass is 16.5. The van der Waals surface area contributed by atoms with Crippen LogP contribution in [0.4, 0.5) is 5.69 Å². The summed E-state index contributed by atoms with van der Waals surface area (Å²) < 4.78 is 6.83. The molecule has 0 saturated carbocycles. The van der Waals surface area contributed by atoms with Gasteiger partial charge in [-0.25, -0.2) is 4.68 Å². The Morgan fingerprint density at radius 2 is 1.87 bits per heavy atom. The summed E-state index contributed by atoms with van der Waals surface area (Å²) in [4.78, 5) is 29.0. The maximum Gasteiger partial charge on any atom is 0.305 e. The molecule has 2 aromatic carbocycles. The quantitative estimate of drug-likeness (QED) is 0.629. The molecule has 1 N–H and O–H groups in total. The largest absolute Gasteiger partial charge is 0.466 e. The summed E-state index contributed by atoms with van der Waals surface area (Å²) >= 11 is 0. The molecule has 0 radical (unpaired) electrons. The monoisotopic (exact) mass is 404 g/mol. The highest BCUT2D eigenvalue weighted by molar-refractivity contribution is 5.76. The van der Waals surface area contributed by atoms with E-state index >= 15 is 0 Å². The van der Waals surface area contributed by atoms with Crippen molar-refractivity contribution in [1.82, 2.24) is 14.8 Å². The Morgan fingerprint density at radius 3 is 2.63 bits per heavy atom. The van der Waals surface area contributed by atoms with Gasteiger partial charge in [0.05, 0.1) is 6.61 Å². The molecule has 0 bridgehead atoms. The second-order valence-electron chi connectivity index (χ2n) is 7.47. The molecular formula is C23H24N4O3. The maximum atomic E-state index is 12.8. The Bertz CT molecular complexity index is 1130. The van der Waals surface area contributed by atoms with Crippen LogP contribution in [0.2, 0.25) is 0 Å². The van der Waals surface area contributed by atoms with E-state index < -0.39 is 5.66 Å². The SMILES string of the molecule is CCOC(=O)CCCC1(C)Nc2ccccc2-c2nc(=O)c(-c3ccccc3)nn21. The van der Waals surface area contributed by atoms with E-state index in [1.54, 1.807) is 11.6 Å². The lowest BCUT2D eigenvalue weighted by molar-refractivity contribution is -0.143. The number of carbonyl (C=O) groups excluding carboxylic acids is 1. The zero-order valence-electron chi connectivity index (χ0n) is 17.1. The van der Waals surface area contributed by atoms with Gasteiger partial charge in [-0.15, -0.1) is 0 Å². The van der Waals surface area contributed by atoms with Crippen molar-refractivity contribution in [2.24, 2.45) is 0 Å². The Morgan fingerprint density at radius 1 is 1.13 bits per heavy atom. The van der Waals surface area contributed by atoms with E-state index in [0.717, 1.165) is 16.8 Å². The molecule has 1 unspecified atom stereocenters. The summed E-state index contributed by atoms with van der Waals surface area (Å²) in [6, 6.07) is 17.0. The molecule has 1 aliphatic rings. The van der Waals surface area contributed by atoms with Crippen molar-refractivity contribution in [3.8, 4) is 22.6 Å². The van der Waals surface area contributed by atoms with Crippen LogP contribution in [0.3, 0.4) is 0 Å². The number of esters is 1. The third kappa shape index (κ3) is 3.70. The minimum absolute atomic E-state index is 0.214. The number of hydrogen-bond acceptors (Lipinski definition) is 6. The molecule has 30 heavy (non-hydrogen) atoms. The first-order valence-corrected chi connectivity index (χ1v) is 10.1. The number of benzene rings is 2. The van der Waals surface area contributed by atoms with E-state index in [9.17, 15) is 9.59 Å². The lowest BCUT2D eigenvalue weighted by Crippen LogP contribution is -2.45. The summed E-state index contributed by atoms with van der Waals surface area (Å²) in [5.41, 5.74) is 1.72. The average molecular weight is 404 g/mol. The molecule has 154 valence electrons. The van der Waals surface area contributed by atoms with Crippen molar-refractivity contribution < 1.29 is 9.53 Å². The number of nitrogens with zero attached hydrogens (tertiary/aromatic N) is 3. The highest BCUT2D eigenvalue weighted by Gasteiger charge is 2.36. The highest BCUT2D eigenvalue weighted by Crippen LogP contribution is 2.38. The first kappa shape index (κ1) is 19.8. The van der Waals surface area contributed by atoms with Gasteiger partial charge < -0.3 is 10.1 Å². The van der Waals surface area contributed by atoms with E-state index in [-0.39, 0.29) is 11.5 Å². The first-order valence-electron chi connectivity index (χ1n) is 10.1. The van der Waals surface area contributed by atoms with E-state index in [1.165, 1.54) is 0 Å². The molecule has 0 aliphatic carbocycles. The number of aromatic nitrogens is 3. The molecule has 1 aliphatic heterocycles. The molecular weight excluding hydrogens is 380 g/mol. The predicted octanol–water partition coefficient (Wildman–Crippen LogP) is 3.80. The zero-order chi connectivity index (χ0) is 21.1. The van der Waals surface area contributed by atoms with Gasteiger partial charge in [0, 0.05) is 23.2 Å². The van der Waals surface area contributed by atoms with Gasteiger partial charge in [0.2, 0.25) is 0 Å². The lowest BCUT2D eigenvalue weighted by Gasteiger charge is -2.39. The molecule has 7 nitrogen and oxygen atoms in total. The summed E-state index contributed by atoms with van der Waals surface area (Å²) in [5.74, 6) is 0.307. The van der Waals surface area contributed by atoms with Crippen LogP contribution < -0.4 is 10.9 Å². The molecule has 7 heteroatoms. The standard InChI is InChI=1S/C23H24N4O3/c1-3-30-19(28)14-9-15-23(2)25-18-13-8-7-12-17(18)21-24-22(29)20(26-27(21)23)16-10-5-4-6-11-16/h4-8,10-13,25H,3,9,14-15H2,1-2H3. The number of anilines is 1. The van der Waals surface area contributed by atoms with E-state index in [0.29, 0.717) is 37.4 Å². The predicted molar refractivity (Wildman–Crippen MR) is 115 cm³/mol. The Labute approximate surface area is 174 Å². The van der Waals surface area contributed by atoms with E-state index in [1.807, 2.05) is 61.5 Å². The smallest absolute Gasteiger partial charge is 0.305 e. The van der Waals surface area contributed by atoms with Crippen LogP contribution in [0.25, 0.3) is 22.6 Å². The van der Waals surface area contributed by atoms with Crippen molar-refractivity contribution in [1.29, 1.82) is 0 Å². The number of nitrogens with one attached hydrogen (secondary N) is 1. The number of carbonyl (C=O) groups is 1. The fraction of sp³-hybridized carbons (Fsp3) is 0.304. The summed E-state index contributed by atoms with van der Waals surface area (Å²) in [7, 11) is 0. The van der Waals surface area contributed by atoms with Gasteiger partial charge >= 0.3 is 5.97 Å². The molecule has 1 atom stereocenters. The number of hydrogen-bond donors (Lipinski definition) is 1. The fourth-order valence-electron chi connectivity index (χ4n) is 3.79. The van der Waals surface area contributed by atoms with E-state index in [4.69, 9.17) is 9.84 Å². The van der Waals surface area contributed by atoms with Crippen molar-refractivity contribution in [2.45, 2.75) is 38.8 Å². The second-order valence-corrected chi connectivity index (χ2v) is 7.47. The number of fused-ring (bicyclic) bond motifs is 3. The van der Waals surface area contributed by atoms with Gasteiger partial charge in [-0.3, -0.25) is 9.59 Å². The molecule has 0 amide bonds. The lowest BCUT2D eigenvalue weighted by atomic mass is 9.98. The number of rotatable bonds is 6. The minimum atomic E-state index is -0.652. The van der Waals surface area contributed by atoms with Crippen LogP contribution in [-0.4, -0.2) is 27.3 Å². The molecule has 0 saturated heterocycles. The van der Waals surface area contributed by atoms with Gasteiger partial charge in [-0.05, 0) is 38.8 Å². The van der Waals surface area contributed by atoms with Gasteiger partial charge in [0.25, 0.3) is 5.56 Å². The van der Waals surface area contributed by atoms with Crippen LogP contribution in [-0.2, 0) is 15.2 Å². The summed E-state index contributed by atoms with van der Waals surface area (Å²) in [6.07, 6.45) is 1.54. The molecule has 4 rings (SSSR count). The Hall–Kier alpha value is -3.48. The summed E-state index contributed by atoms with van der Waals surface area (Å²) in [5, 5.41) is 8.27. The van der Waals surface area contributed by atoms with Crippen molar-refractivity contribution in [3.63, 3.8) is 0 Å². The van der Waals surface area contributed by atoms with Crippen LogP contribution in [0.15, 0.2) is 59.4 Å². The molecule has 2 heterocycles. The van der Waals surface area contributed by atoms with Crippen LogP contribution in [0.5, 0.6) is 0 Å². The molecule has 1 aromatic heterocycles. The molecule has 3 aromatic rings. The number of ether oxygens (including phenoxy) is 1. The van der Waals surface area contributed by atoms with Crippen molar-refractivity contribution in [2.75, 3.05) is 11.9 Å². The average Bonchev–Trinajstić information content (AvgIpc) is 2.74. The maximum absolute atomic E-state index is 12.8. The minimum Gasteiger partial charge on any atom is -0.466 e. The van der Waals surface area contributed by atoms with Gasteiger partial charge in [-0.2, -0.15) is 10.1 Å². The van der Waals surface area contributed by atoms with Gasteiger partial charge in [0.15, 0.2) is 11.5 Å². The van der Waals surface area contributed by atoms with Crippen LogP contribution in [0.1, 0.15) is 33.1 Å². The third-order valence-corrected chi connectivity index (χ3v) is 5.25. The van der Waals surface area contributed by atoms with Gasteiger partial charge in [0.1, 0.15) is 5.66 Å². The fourth-order valence-corrected chi connectivity index (χ4v) is 3.79. The zero-order valence-corrected chi connectivity index (χ0v) is 17.1. The van der Waals surface area contributed by atoms with Crippen molar-refractivity contribution in [3.05, 3.63) is 65.0 Å². The third-order valence-electron chi connectivity index (χ3n) is 5.25. The Kier molecular flexibility index (Phi) is 5.35. The topological polar surface area (TPSA) is 86.1 Å². The molecule has 0 spiro atoms.